The molecule has 0 bridgehead atoms. The Labute approximate surface area is 185 Å². The molecule has 0 heterocycles. The fraction of sp³-hybridized carbons (Fsp3) is 0.808. The highest BCUT2D eigenvalue weighted by Gasteiger charge is 2.54. The van der Waals surface area contributed by atoms with E-state index in [4.69, 9.17) is 4.43 Å². The van der Waals surface area contributed by atoms with Crippen LogP contribution >= 0.6 is 0 Å². The van der Waals surface area contributed by atoms with Gasteiger partial charge in [0, 0.05) is 12.0 Å². The average molecular weight is 433 g/mol. The van der Waals surface area contributed by atoms with Crippen molar-refractivity contribution in [3.63, 3.8) is 0 Å². The number of carbonyl (C=O) groups excluding carboxylic acids is 1. The van der Waals surface area contributed by atoms with Crippen molar-refractivity contribution in [2.45, 2.75) is 105 Å². The lowest BCUT2D eigenvalue weighted by Gasteiger charge is -2.38. The van der Waals surface area contributed by atoms with Crippen molar-refractivity contribution in [2.75, 3.05) is 6.61 Å². The quantitative estimate of drug-likeness (QED) is 0.471. The zero-order valence-corrected chi connectivity index (χ0v) is 21.4. The van der Waals surface area contributed by atoms with Gasteiger partial charge in [0.1, 0.15) is 0 Å². The van der Waals surface area contributed by atoms with Crippen molar-refractivity contribution in [1.29, 1.82) is 0 Å². The van der Waals surface area contributed by atoms with Gasteiger partial charge in [0.25, 0.3) is 0 Å². The van der Waals surface area contributed by atoms with Crippen LogP contribution in [0.15, 0.2) is 22.8 Å². The van der Waals surface area contributed by atoms with Crippen LogP contribution in [0.4, 0.5) is 0 Å². The van der Waals surface area contributed by atoms with Gasteiger partial charge in [0.2, 0.25) is 0 Å². The zero-order valence-electron chi connectivity index (χ0n) is 20.4. The Morgan fingerprint density at radius 1 is 1.13 bits per heavy atom. The van der Waals surface area contributed by atoms with Gasteiger partial charge in [-0.15, -0.1) is 0 Å². The molecule has 1 N–H and O–H groups in total. The Morgan fingerprint density at radius 2 is 1.77 bits per heavy atom. The number of aliphatic hydroxyl groups is 1. The van der Waals surface area contributed by atoms with E-state index in [1.54, 1.807) is 0 Å². The Hall–Kier alpha value is -0.713. The Bertz CT molecular complexity index is 724. The summed E-state index contributed by atoms with van der Waals surface area (Å²) in [6.07, 6.45) is 7.32. The summed E-state index contributed by atoms with van der Waals surface area (Å²) in [7, 11) is -1.75. The fourth-order valence-electron chi connectivity index (χ4n) is 6.78. The van der Waals surface area contributed by atoms with Crippen molar-refractivity contribution >= 4 is 14.1 Å². The second kappa shape index (κ2) is 8.67. The Balaban J connectivity index is 2.16. The lowest BCUT2D eigenvalue weighted by molar-refractivity contribution is -0.117. The standard InChI is InChI=1S/C26H44O3Si/c1-8-30(9-2,10-3)29-24-16-20(18(4)5)26(7)14-13-25(6)12-11-23(28)19(17-27)21(25)15-22(24)26/h15,18,20,24,27H,8-14,16-17H2,1-7H3/t20-,24+,25+,26-/m1/s1. The molecule has 0 radical (unpaired) electrons. The van der Waals surface area contributed by atoms with E-state index in [1.807, 2.05) is 0 Å². The third kappa shape index (κ3) is 3.82. The van der Waals surface area contributed by atoms with Gasteiger partial charge in [0.15, 0.2) is 14.1 Å². The Morgan fingerprint density at radius 3 is 2.30 bits per heavy atom. The van der Waals surface area contributed by atoms with Gasteiger partial charge in [-0.2, -0.15) is 0 Å². The molecule has 0 spiro atoms. The minimum Gasteiger partial charge on any atom is -0.410 e. The van der Waals surface area contributed by atoms with Gasteiger partial charge in [-0.05, 0) is 77.6 Å². The van der Waals surface area contributed by atoms with Crippen molar-refractivity contribution in [1.82, 2.24) is 0 Å². The summed E-state index contributed by atoms with van der Waals surface area (Å²) in [5, 5.41) is 10.1. The molecule has 0 amide bonds. The maximum atomic E-state index is 12.7. The maximum Gasteiger partial charge on any atom is 0.192 e. The van der Waals surface area contributed by atoms with E-state index >= 15 is 0 Å². The van der Waals surface area contributed by atoms with E-state index in [0.29, 0.717) is 23.8 Å². The summed E-state index contributed by atoms with van der Waals surface area (Å²) in [4.78, 5) is 12.7. The van der Waals surface area contributed by atoms with Gasteiger partial charge in [0.05, 0.1) is 12.7 Å². The highest BCUT2D eigenvalue weighted by atomic mass is 28.4. The molecule has 170 valence electrons. The minimum atomic E-state index is -1.75. The number of Topliss-reactive ketones (excluding diaryl/α,β-unsaturated/α-hetero) is 1. The topological polar surface area (TPSA) is 46.5 Å². The second-order valence-corrected chi connectivity index (χ2v) is 15.7. The molecule has 0 aromatic heterocycles. The monoisotopic (exact) mass is 432 g/mol. The van der Waals surface area contributed by atoms with Crippen LogP contribution in [-0.4, -0.2) is 31.9 Å². The van der Waals surface area contributed by atoms with Crippen LogP contribution in [-0.2, 0) is 9.22 Å². The number of rotatable bonds is 7. The third-order valence-corrected chi connectivity index (χ3v) is 13.9. The smallest absolute Gasteiger partial charge is 0.192 e. The molecule has 0 aromatic rings. The first-order valence-electron chi connectivity index (χ1n) is 12.4. The van der Waals surface area contributed by atoms with Crippen LogP contribution in [0.25, 0.3) is 0 Å². The molecule has 0 saturated heterocycles. The maximum absolute atomic E-state index is 12.7. The summed E-state index contributed by atoms with van der Waals surface area (Å²) >= 11 is 0. The number of fused-ring (bicyclic) bond motifs is 2. The lowest BCUT2D eigenvalue weighted by Crippen LogP contribution is -2.40. The van der Waals surface area contributed by atoms with Gasteiger partial charge in [-0.1, -0.05) is 54.5 Å². The van der Waals surface area contributed by atoms with E-state index in [2.05, 4.69) is 54.5 Å². The molecule has 0 aromatic carbocycles. The van der Waals surface area contributed by atoms with Gasteiger partial charge in [-0.3, -0.25) is 4.79 Å². The van der Waals surface area contributed by atoms with Crippen LogP contribution in [0.2, 0.25) is 18.1 Å². The number of ketones is 1. The van der Waals surface area contributed by atoms with Crippen LogP contribution in [0, 0.1) is 22.7 Å². The number of carbonyl (C=O) groups is 1. The molecular formula is C26H44O3Si. The SMILES string of the molecule is CC[Si](CC)(CC)O[C@H]1C[C@H](C(C)C)[C@@]2(C)CC[C@]3(C)CCC(=O)C(CO)=C3C=C12. The predicted octanol–water partition coefficient (Wildman–Crippen LogP) is 6.44. The van der Waals surface area contributed by atoms with Crippen molar-refractivity contribution in [2.24, 2.45) is 22.7 Å². The molecule has 3 rings (SSSR count). The molecule has 3 nitrogen and oxygen atoms in total. The van der Waals surface area contributed by atoms with E-state index in [-0.39, 0.29) is 29.3 Å². The van der Waals surface area contributed by atoms with Crippen LogP contribution in [0.3, 0.4) is 0 Å². The van der Waals surface area contributed by atoms with Crippen LogP contribution < -0.4 is 0 Å². The van der Waals surface area contributed by atoms with Gasteiger partial charge in [-0.25, -0.2) is 0 Å². The molecule has 3 aliphatic carbocycles. The average Bonchev–Trinajstić information content (AvgIpc) is 2.93. The molecule has 4 atom stereocenters. The first-order valence-corrected chi connectivity index (χ1v) is 14.9. The predicted molar refractivity (Wildman–Crippen MR) is 127 cm³/mol. The first-order chi connectivity index (χ1) is 14.1. The summed E-state index contributed by atoms with van der Waals surface area (Å²) in [6, 6.07) is 3.48. The summed E-state index contributed by atoms with van der Waals surface area (Å²) in [5.74, 6) is 1.35. The molecule has 30 heavy (non-hydrogen) atoms. The number of aliphatic hydroxyl groups excluding tert-OH is 1. The molecule has 1 saturated carbocycles. The normalized spacial score (nSPS) is 34.7. The Kier molecular flexibility index (Phi) is 6.92. The molecule has 3 aliphatic rings. The van der Waals surface area contributed by atoms with Gasteiger partial charge >= 0.3 is 0 Å². The highest BCUT2D eigenvalue weighted by Crippen LogP contribution is 2.60. The van der Waals surface area contributed by atoms with Gasteiger partial charge < -0.3 is 9.53 Å². The lowest BCUT2D eigenvalue weighted by atomic mass is 9.66. The minimum absolute atomic E-state index is 0.00676. The van der Waals surface area contributed by atoms with Crippen molar-refractivity contribution in [3.8, 4) is 0 Å². The van der Waals surface area contributed by atoms with Crippen molar-refractivity contribution in [3.05, 3.63) is 22.8 Å². The van der Waals surface area contributed by atoms with E-state index < -0.39 is 8.32 Å². The van der Waals surface area contributed by atoms with Crippen LogP contribution in [0.5, 0.6) is 0 Å². The fourth-order valence-corrected chi connectivity index (χ4v) is 9.61. The largest absolute Gasteiger partial charge is 0.410 e. The summed E-state index contributed by atoms with van der Waals surface area (Å²) < 4.78 is 7.13. The number of allylic oxidation sites excluding steroid dienone is 2. The molecule has 4 heteroatoms. The highest BCUT2D eigenvalue weighted by molar-refractivity contribution is 6.73. The number of hydrogen-bond acceptors (Lipinski definition) is 3. The van der Waals surface area contributed by atoms with Crippen LogP contribution in [0.1, 0.15) is 80.6 Å². The van der Waals surface area contributed by atoms with E-state index in [0.717, 1.165) is 49.4 Å². The van der Waals surface area contributed by atoms with Crippen molar-refractivity contribution < 1.29 is 14.3 Å². The van der Waals surface area contributed by atoms with E-state index in [9.17, 15) is 9.90 Å². The molecule has 0 unspecified atom stereocenters. The summed E-state index contributed by atoms with van der Waals surface area (Å²) in [6.45, 7) is 16.3. The number of hydrogen-bond donors (Lipinski definition) is 1. The zero-order chi connectivity index (χ0) is 22.3. The third-order valence-electron chi connectivity index (χ3n) is 9.29. The molecule has 0 aliphatic heterocycles. The molecule has 1 fully saturated rings. The first kappa shape index (κ1) is 23.9. The summed E-state index contributed by atoms with van der Waals surface area (Å²) in [5.41, 5.74) is 3.32. The molecular weight excluding hydrogens is 388 g/mol. The van der Waals surface area contributed by atoms with E-state index in [1.165, 1.54) is 5.57 Å². The second-order valence-electron chi connectivity index (χ2n) is 11.0.